The Bertz CT molecular complexity index is 580. The first-order valence-electron chi connectivity index (χ1n) is 6.73. The molecule has 94 valence electrons. The number of para-hydroxylation sites is 1. The van der Waals surface area contributed by atoms with Gasteiger partial charge in [-0.3, -0.25) is 0 Å². The highest BCUT2D eigenvalue weighted by Gasteiger charge is 2.23. The Labute approximate surface area is 108 Å². The fraction of sp³-hybridized carbons (Fsp3) is 0.375. The Kier molecular flexibility index (Phi) is 2.96. The maximum absolute atomic E-state index is 3.97. The highest BCUT2D eigenvalue weighted by atomic mass is 14.9. The molecule has 0 aliphatic heterocycles. The summed E-state index contributed by atoms with van der Waals surface area (Å²) in [6.07, 6.45) is 3.68. The molecule has 2 N–H and O–H groups in total. The fourth-order valence-electron chi connectivity index (χ4n) is 2.92. The van der Waals surface area contributed by atoms with Gasteiger partial charge in [0.05, 0.1) is 0 Å². The van der Waals surface area contributed by atoms with Crippen LogP contribution in [0.15, 0.2) is 36.4 Å². The van der Waals surface area contributed by atoms with Crippen molar-refractivity contribution >= 4 is 10.9 Å². The van der Waals surface area contributed by atoms with Gasteiger partial charge < -0.3 is 10.3 Å². The topological polar surface area (TPSA) is 27.8 Å². The van der Waals surface area contributed by atoms with Crippen molar-refractivity contribution in [2.24, 2.45) is 0 Å². The summed E-state index contributed by atoms with van der Waals surface area (Å²) < 4.78 is 0. The van der Waals surface area contributed by atoms with Crippen LogP contribution in [0.1, 0.15) is 37.1 Å². The number of nitrogens with one attached hydrogen (secondary N) is 2. The Hall–Kier alpha value is -1.54. The molecule has 1 aliphatic carbocycles. The molecule has 2 aromatic rings. The van der Waals surface area contributed by atoms with E-state index in [2.05, 4.69) is 48.1 Å². The molecule has 0 saturated heterocycles. The van der Waals surface area contributed by atoms with E-state index in [0.29, 0.717) is 6.04 Å². The molecule has 18 heavy (non-hydrogen) atoms. The zero-order valence-electron chi connectivity index (χ0n) is 10.9. The smallest absolute Gasteiger partial charge is 0.0478 e. The van der Waals surface area contributed by atoms with Gasteiger partial charge >= 0.3 is 0 Å². The van der Waals surface area contributed by atoms with Gasteiger partial charge in [0.2, 0.25) is 0 Å². The first kappa shape index (κ1) is 11.5. The summed E-state index contributed by atoms with van der Waals surface area (Å²) in [5.74, 6) is 0. The number of aryl methyl sites for hydroxylation is 1. The lowest BCUT2D eigenvalue weighted by atomic mass is 9.91. The van der Waals surface area contributed by atoms with Crippen LogP contribution in [0.5, 0.6) is 0 Å². The zero-order chi connectivity index (χ0) is 12.5. The predicted molar refractivity (Wildman–Crippen MR) is 76.8 cm³/mol. The minimum absolute atomic E-state index is 0.456. The highest BCUT2D eigenvalue weighted by molar-refractivity contribution is 5.85. The van der Waals surface area contributed by atoms with Gasteiger partial charge in [0, 0.05) is 29.2 Å². The molecule has 1 aromatic heterocycles. The summed E-state index contributed by atoms with van der Waals surface area (Å²) in [6.45, 7) is 6.94. The number of rotatable bonds is 3. The van der Waals surface area contributed by atoms with Gasteiger partial charge in [-0.05, 0) is 37.8 Å². The third kappa shape index (κ3) is 1.97. The summed E-state index contributed by atoms with van der Waals surface area (Å²) in [7, 11) is 0. The van der Waals surface area contributed by atoms with Crippen molar-refractivity contribution in [2.45, 2.75) is 32.2 Å². The molecule has 1 atom stereocenters. The number of aromatic nitrogens is 1. The van der Waals surface area contributed by atoms with Crippen molar-refractivity contribution in [1.82, 2.24) is 10.3 Å². The Morgan fingerprint density at radius 1 is 1.44 bits per heavy atom. The van der Waals surface area contributed by atoms with E-state index in [9.17, 15) is 0 Å². The summed E-state index contributed by atoms with van der Waals surface area (Å²) >= 11 is 0. The van der Waals surface area contributed by atoms with Crippen molar-refractivity contribution in [2.75, 3.05) is 6.54 Å². The number of benzene rings is 1. The number of hydrogen-bond acceptors (Lipinski definition) is 1. The molecule has 1 unspecified atom stereocenters. The van der Waals surface area contributed by atoms with Crippen molar-refractivity contribution in [1.29, 1.82) is 0 Å². The zero-order valence-corrected chi connectivity index (χ0v) is 10.9. The van der Waals surface area contributed by atoms with E-state index < -0.39 is 0 Å². The second kappa shape index (κ2) is 4.62. The second-order valence-electron chi connectivity index (χ2n) is 5.35. The summed E-state index contributed by atoms with van der Waals surface area (Å²) in [4.78, 5) is 3.60. The van der Waals surface area contributed by atoms with Gasteiger partial charge in [0.15, 0.2) is 0 Å². The second-order valence-corrected chi connectivity index (χ2v) is 5.35. The van der Waals surface area contributed by atoms with Crippen molar-refractivity contribution in [3.05, 3.63) is 47.7 Å². The monoisotopic (exact) mass is 240 g/mol. The van der Waals surface area contributed by atoms with E-state index in [0.717, 1.165) is 6.54 Å². The number of aromatic amines is 1. The number of fused-ring (bicyclic) bond motifs is 3. The minimum atomic E-state index is 0.456. The average Bonchev–Trinajstić information content (AvgIpc) is 2.75. The first-order valence-corrected chi connectivity index (χ1v) is 6.73. The Morgan fingerprint density at radius 2 is 2.28 bits per heavy atom. The van der Waals surface area contributed by atoms with Gasteiger partial charge in [0.1, 0.15) is 0 Å². The van der Waals surface area contributed by atoms with Crippen LogP contribution in [0, 0.1) is 0 Å². The summed E-state index contributed by atoms with van der Waals surface area (Å²) in [5.41, 5.74) is 5.37. The van der Waals surface area contributed by atoms with Crippen LogP contribution in [0.2, 0.25) is 0 Å². The molecule has 3 rings (SSSR count). The van der Waals surface area contributed by atoms with E-state index in [4.69, 9.17) is 0 Å². The van der Waals surface area contributed by atoms with Crippen LogP contribution in [0.4, 0.5) is 0 Å². The summed E-state index contributed by atoms with van der Waals surface area (Å²) in [5, 5.41) is 5.00. The van der Waals surface area contributed by atoms with E-state index in [1.807, 2.05) is 0 Å². The normalized spacial score (nSPS) is 18.8. The fourth-order valence-corrected chi connectivity index (χ4v) is 2.92. The molecule has 1 aromatic carbocycles. The molecule has 2 heteroatoms. The molecular formula is C16H20N2. The first-order chi connectivity index (χ1) is 8.75. The Morgan fingerprint density at radius 3 is 3.11 bits per heavy atom. The maximum atomic E-state index is 3.97. The van der Waals surface area contributed by atoms with Gasteiger partial charge in [-0.1, -0.05) is 30.4 Å². The molecule has 0 amide bonds. The van der Waals surface area contributed by atoms with Crippen molar-refractivity contribution in [3.63, 3.8) is 0 Å². The van der Waals surface area contributed by atoms with Gasteiger partial charge in [0.25, 0.3) is 0 Å². The molecule has 0 radical (unpaired) electrons. The molecule has 2 nitrogen and oxygen atoms in total. The van der Waals surface area contributed by atoms with Crippen LogP contribution < -0.4 is 5.32 Å². The lowest BCUT2D eigenvalue weighted by molar-refractivity contribution is 0.469. The van der Waals surface area contributed by atoms with Crippen LogP contribution >= 0.6 is 0 Å². The van der Waals surface area contributed by atoms with Crippen LogP contribution in [0.3, 0.4) is 0 Å². The van der Waals surface area contributed by atoms with Crippen LogP contribution in [-0.4, -0.2) is 11.5 Å². The summed E-state index contributed by atoms with van der Waals surface area (Å²) in [6, 6.07) is 9.08. The standard InChI is InChI=1S/C16H20N2/c1-11(2)10-17-15-9-5-7-13-12-6-3-4-8-14(12)18-16(13)15/h3-4,6,8,15,17-18H,1,5,7,9-10H2,2H3. The van der Waals surface area contributed by atoms with E-state index in [1.165, 1.54) is 47.0 Å². The van der Waals surface area contributed by atoms with Crippen LogP contribution in [-0.2, 0) is 6.42 Å². The average molecular weight is 240 g/mol. The SMILES string of the molecule is C=C(C)CNC1CCCc2c1[nH]c1ccccc21. The number of hydrogen-bond donors (Lipinski definition) is 2. The van der Waals surface area contributed by atoms with E-state index >= 15 is 0 Å². The lowest BCUT2D eigenvalue weighted by Crippen LogP contribution is -2.26. The maximum Gasteiger partial charge on any atom is 0.0478 e. The largest absolute Gasteiger partial charge is 0.357 e. The highest BCUT2D eigenvalue weighted by Crippen LogP contribution is 2.34. The quantitative estimate of drug-likeness (QED) is 0.786. The lowest BCUT2D eigenvalue weighted by Gasteiger charge is -2.24. The molecular weight excluding hydrogens is 220 g/mol. The minimum Gasteiger partial charge on any atom is -0.357 e. The third-order valence-electron chi connectivity index (χ3n) is 3.76. The van der Waals surface area contributed by atoms with Gasteiger partial charge in [-0.25, -0.2) is 0 Å². The molecule has 0 saturated carbocycles. The third-order valence-corrected chi connectivity index (χ3v) is 3.76. The van der Waals surface area contributed by atoms with Crippen molar-refractivity contribution in [3.8, 4) is 0 Å². The van der Waals surface area contributed by atoms with Gasteiger partial charge in [-0.15, -0.1) is 0 Å². The Balaban J connectivity index is 1.97. The van der Waals surface area contributed by atoms with E-state index in [-0.39, 0.29) is 0 Å². The van der Waals surface area contributed by atoms with Crippen LogP contribution in [0.25, 0.3) is 10.9 Å². The molecule has 0 spiro atoms. The molecule has 0 fully saturated rings. The number of H-pyrrole nitrogens is 1. The molecule has 0 bridgehead atoms. The predicted octanol–water partition coefficient (Wildman–Crippen LogP) is 3.71. The van der Waals surface area contributed by atoms with E-state index in [1.54, 1.807) is 0 Å². The molecule has 1 heterocycles. The van der Waals surface area contributed by atoms with Crippen molar-refractivity contribution < 1.29 is 0 Å². The molecule has 1 aliphatic rings. The van der Waals surface area contributed by atoms with Gasteiger partial charge in [-0.2, -0.15) is 0 Å².